The van der Waals surface area contributed by atoms with Crippen LogP contribution in [0.1, 0.15) is 71.1 Å². The predicted molar refractivity (Wildman–Crippen MR) is 74.1 cm³/mol. The molecule has 0 aromatic carbocycles. The molecule has 0 unspecified atom stereocenters. The van der Waals surface area contributed by atoms with Gasteiger partial charge in [0, 0.05) is 0 Å². The molecule has 1 heteroatoms. The zero-order valence-corrected chi connectivity index (χ0v) is 13.1. The summed E-state index contributed by atoms with van der Waals surface area (Å²) in [6.07, 6.45) is 14.7. The van der Waals surface area contributed by atoms with Gasteiger partial charge in [-0.15, -0.1) is 0 Å². The second kappa shape index (κ2) is 12.6. The van der Waals surface area contributed by atoms with Crippen LogP contribution in [0.2, 0.25) is 16.6 Å². The summed E-state index contributed by atoms with van der Waals surface area (Å²) in [5, 5.41) is 1.57. The molecule has 0 amide bonds. The molecule has 15 heavy (non-hydrogen) atoms. The van der Waals surface area contributed by atoms with Crippen molar-refractivity contribution in [2.24, 2.45) is 0 Å². The van der Waals surface area contributed by atoms with Crippen LogP contribution in [-0.2, 0) is 0 Å². The van der Waals surface area contributed by atoms with Crippen LogP contribution >= 0.6 is 0 Å². The van der Waals surface area contributed by atoms with E-state index >= 15 is 0 Å². The van der Waals surface area contributed by atoms with Crippen LogP contribution in [0.3, 0.4) is 0 Å². The Kier molecular flexibility index (Phi) is 13.1. The molecular weight excluding hydrogens is 243 g/mol. The van der Waals surface area contributed by atoms with Gasteiger partial charge in [0.25, 0.3) is 0 Å². The van der Waals surface area contributed by atoms with E-state index in [1.54, 1.807) is 5.21 Å². The van der Waals surface area contributed by atoms with Crippen molar-refractivity contribution in [1.29, 1.82) is 0 Å². The summed E-state index contributed by atoms with van der Waals surface area (Å²) in [5.74, 6) is 0. The number of rotatable bonds is 11. The van der Waals surface area contributed by atoms with Crippen molar-refractivity contribution in [2.75, 3.05) is 0 Å². The average Bonchev–Trinajstić information content (AvgIpc) is 2.20. The zero-order chi connectivity index (χ0) is 11.4. The molecule has 0 bridgehead atoms. The summed E-state index contributed by atoms with van der Waals surface area (Å²) in [5.41, 5.74) is 4.95. The minimum atomic E-state index is -0.306. The van der Waals surface area contributed by atoms with Gasteiger partial charge in [-0.3, -0.25) is 0 Å². The topological polar surface area (TPSA) is 0 Å². The van der Waals surface area contributed by atoms with Gasteiger partial charge < -0.3 is 0 Å². The van der Waals surface area contributed by atoms with Crippen LogP contribution in [0.5, 0.6) is 0 Å². The Bertz CT molecular complexity index is 110. The molecule has 0 aliphatic carbocycles. The van der Waals surface area contributed by atoms with E-state index in [0.717, 1.165) is 0 Å². The quantitative estimate of drug-likeness (QED) is 0.337. The molecule has 0 aliphatic rings. The van der Waals surface area contributed by atoms with Crippen molar-refractivity contribution >= 4 is 14.7 Å². The summed E-state index contributed by atoms with van der Waals surface area (Å²) in [6, 6.07) is 0. The van der Waals surface area contributed by atoms with Gasteiger partial charge in [-0.1, -0.05) is 0 Å². The molecule has 0 aliphatic heterocycles. The van der Waals surface area contributed by atoms with Crippen LogP contribution in [0.25, 0.3) is 0 Å². The van der Waals surface area contributed by atoms with Crippen molar-refractivity contribution in [1.82, 2.24) is 0 Å². The Morgan fingerprint density at radius 2 is 1.00 bits per heavy atom. The molecule has 0 spiro atoms. The Morgan fingerprint density at radius 1 is 0.600 bits per heavy atom. The molecule has 0 atom stereocenters. The monoisotopic (exact) mass is 274 g/mol. The molecule has 0 saturated carbocycles. The Labute approximate surface area is 102 Å². The zero-order valence-electron chi connectivity index (χ0n) is 11.2. The molecule has 0 heterocycles. The molecule has 0 aromatic rings. The van der Waals surface area contributed by atoms with E-state index < -0.39 is 0 Å². The summed E-state index contributed by atoms with van der Waals surface area (Å²) >= 11 is -0.306. The molecular formula is C14H31As. The average molecular weight is 274 g/mol. The second-order valence-corrected chi connectivity index (χ2v) is 10.5. The Morgan fingerprint density at radius 3 is 1.40 bits per heavy atom. The molecule has 92 valence electrons. The third-order valence-electron chi connectivity index (χ3n) is 2.96. The van der Waals surface area contributed by atoms with Gasteiger partial charge in [-0.05, 0) is 0 Å². The van der Waals surface area contributed by atoms with Crippen LogP contribution in [-0.4, -0.2) is 14.7 Å². The maximum absolute atomic E-state index is 2.47. The summed E-state index contributed by atoms with van der Waals surface area (Å²) < 4.78 is 0. The summed E-state index contributed by atoms with van der Waals surface area (Å²) in [4.78, 5) is 0. The maximum atomic E-state index is 2.47. The van der Waals surface area contributed by atoms with Gasteiger partial charge in [-0.2, -0.15) is 0 Å². The van der Waals surface area contributed by atoms with Gasteiger partial charge in [0.05, 0.1) is 0 Å². The van der Waals surface area contributed by atoms with E-state index in [1.807, 2.05) is 0 Å². The fourth-order valence-corrected chi connectivity index (χ4v) is 3.71. The first-order valence-corrected chi connectivity index (χ1v) is 12.0. The summed E-state index contributed by atoms with van der Waals surface area (Å²) in [7, 11) is 0. The van der Waals surface area contributed by atoms with Crippen molar-refractivity contribution in [3.63, 3.8) is 0 Å². The first-order valence-electron chi connectivity index (χ1n) is 6.92. The van der Waals surface area contributed by atoms with E-state index in [1.165, 1.54) is 64.2 Å². The molecule has 0 rings (SSSR count). The van der Waals surface area contributed by atoms with Crippen molar-refractivity contribution in [3.05, 3.63) is 0 Å². The second-order valence-electron chi connectivity index (χ2n) is 4.99. The fraction of sp³-hybridized carbons (Fsp3) is 1.00. The van der Waals surface area contributed by atoms with E-state index in [4.69, 9.17) is 0 Å². The van der Waals surface area contributed by atoms with Gasteiger partial charge in [0.1, 0.15) is 0 Å². The normalized spacial score (nSPS) is 11.2. The molecule has 0 N–H and O–H groups in total. The Hall–Kier alpha value is 0.558. The molecule has 0 nitrogen and oxygen atoms in total. The molecule has 0 aromatic heterocycles. The summed E-state index contributed by atoms with van der Waals surface area (Å²) in [6.45, 7) is 2.29. The molecule has 0 saturated heterocycles. The van der Waals surface area contributed by atoms with Crippen LogP contribution < -0.4 is 0 Å². The fourth-order valence-electron chi connectivity index (χ4n) is 1.92. The molecule has 0 radical (unpaired) electrons. The number of hydrogen-bond acceptors (Lipinski definition) is 0. The standard InChI is InChI=1S/C14H31As/c1-4-5-6-7-8-9-10-11-12-13-14-15(2)3/h4-14H2,1-3H3. The van der Waals surface area contributed by atoms with Gasteiger partial charge >= 0.3 is 102 Å². The first-order chi connectivity index (χ1) is 7.27. The van der Waals surface area contributed by atoms with Crippen LogP contribution in [0, 0.1) is 0 Å². The first kappa shape index (κ1) is 15.6. The van der Waals surface area contributed by atoms with E-state index in [-0.39, 0.29) is 14.7 Å². The van der Waals surface area contributed by atoms with Crippen LogP contribution in [0.15, 0.2) is 0 Å². The Balaban J connectivity index is 2.87. The van der Waals surface area contributed by atoms with Crippen molar-refractivity contribution in [3.8, 4) is 0 Å². The predicted octanol–water partition coefficient (Wildman–Crippen LogP) is 5.66. The SMILES string of the molecule is CCCCCCCCCCCC[As](C)C. The van der Waals surface area contributed by atoms with Crippen molar-refractivity contribution < 1.29 is 0 Å². The third kappa shape index (κ3) is 14.6. The van der Waals surface area contributed by atoms with Crippen LogP contribution in [0.4, 0.5) is 0 Å². The van der Waals surface area contributed by atoms with Gasteiger partial charge in [0.15, 0.2) is 0 Å². The van der Waals surface area contributed by atoms with Crippen molar-refractivity contribution in [2.45, 2.75) is 87.8 Å². The van der Waals surface area contributed by atoms with E-state index in [0.29, 0.717) is 0 Å². The number of unbranched alkanes of at least 4 members (excludes halogenated alkanes) is 9. The van der Waals surface area contributed by atoms with E-state index in [2.05, 4.69) is 18.3 Å². The van der Waals surface area contributed by atoms with E-state index in [9.17, 15) is 0 Å². The number of hydrogen-bond donors (Lipinski definition) is 0. The minimum absolute atomic E-state index is 0.306. The third-order valence-corrected chi connectivity index (χ3v) is 5.50. The van der Waals surface area contributed by atoms with Gasteiger partial charge in [-0.25, -0.2) is 0 Å². The molecule has 0 fully saturated rings. The van der Waals surface area contributed by atoms with Gasteiger partial charge in [0.2, 0.25) is 0 Å².